The van der Waals surface area contributed by atoms with E-state index in [0.717, 1.165) is 12.0 Å². The average Bonchev–Trinajstić information content (AvgIpc) is 3.29. The van der Waals surface area contributed by atoms with Crippen LogP contribution in [-0.2, 0) is 20.9 Å². The summed E-state index contributed by atoms with van der Waals surface area (Å²) in [5.74, 6) is -0.857. The molecule has 2 aromatic rings. The first-order valence-electron chi connectivity index (χ1n) is 12.4. The van der Waals surface area contributed by atoms with Crippen molar-refractivity contribution in [2.75, 3.05) is 18.4 Å². The summed E-state index contributed by atoms with van der Waals surface area (Å²) in [4.78, 5) is 41.0. The summed E-state index contributed by atoms with van der Waals surface area (Å²) >= 11 is 5.02. The molecule has 0 saturated carbocycles. The topological polar surface area (TPSA) is 120 Å². The Morgan fingerprint density at radius 1 is 1.08 bits per heavy atom. The normalized spacial score (nSPS) is 17.5. The zero-order valence-corrected chi connectivity index (χ0v) is 21.7. The molecule has 4 N–H and O–H groups in total. The number of aliphatic hydroxyl groups is 1. The third kappa shape index (κ3) is 9.14. The highest BCUT2D eigenvalue weighted by Crippen LogP contribution is 2.20. The van der Waals surface area contributed by atoms with Gasteiger partial charge in [0.05, 0.1) is 17.6 Å². The molecule has 1 aliphatic heterocycles. The van der Waals surface area contributed by atoms with Crippen LogP contribution in [0.1, 0.15) is 38.2 Å². The van der Waals surface area contributed by atoms with E-state index >= 15 is 0 Å². The molecule has 3 amide bonds. The number of benzene rings is 2. The fourth-order valence-electron chi connectivity index (χ4n) is 4.09. The minimum Gasteiger partial charge on any atom is -0.445 e. The van der Waals surface area contributed by atoms with Crippen molar-refractivity contribution in [2.45, 2.75) is 57.4 Å². The number of para-hydroxylation sites is 1. The van der Waals surface area contributed by atoms with E-state index < -0.39 is 30.2 Å². The Hall–Kier alpha value is -3.50. The second-order valence-electron chi connectivity index (χ2n) is 8.99. The zero-order valence-electron chi connectivity index (χ0n) is 20.9. The van der Waals surface area contributed by atoms with Crippen LogP contribution in [0.3, 0.4) is 0 Å². The largest absolute Gasteiger partial charge is 0.445 e. The van der Waals surface area contributed by atoms with E-state index in [2.05, 4.69) is 16.0 Å². The number of ether oxygens (including phenoxy) is 1. The maximum absolute atomic E-state index is 13.2. The first-order chi connectivity index (χ1) is 17.8. The monoisotopic (exact) mass is 526 g/mol. The third-order valence-corrected chi connectivity index (χ3v) is 6.13. The molecule has 0 aliphatic carbocycles. The van der Waals surface area contributed by atoms with E-state index in [1.165, 1.54) is 4.90 Å². The molecule has 37 heavy (non-hydrogen) atoms. The Labute approximate surface area is 222 Å². The summed E-state index contributed by atoms with van der Waals surface area (Å²) in [6.07, 6.45) is 0.346. The molecule has 1 aliphatic rings. The van der Waals surface area contributed by atoms with E-state index in [1.54, 1.807) is 31.2 Å². The van der Waals surface area contributed by atoms with E-state index in [-0.39, 0.29) is 25.5 Å². The van der Waals surface area contributed by atoms with Crippen LogP contribution in [0.4, 0.5) is 10.5 Å². The maximum atomic E-state index is 13.2. The molecule has 1 saturated heterocycles. The molecule has 9 nitrogen and oxygen atoms in total. The molecule has 1 fully saturated rings. The molecular weight excluding hydrogens is 492 g/mol. The number of thiocarbonyl (C=S) groups is 1. The quantitative estimate of drug-likeness (QED) is 0.262. The number of unbranched alkanes of at least 4 members (excludes halogenated alkanes) is 1. The van der Waals surface area contributed by atoms with Gasteiger partial charge in [-0.25, -0.2) is 4.79 Å². The van der Waals surface area contributed by atoms with Crippen molar-refractivity contribution in [3.05, 3.63) is 66.2 Å². The number of likely N-dealkylation sites (tertiary alicyclic amines) is 1. The van der Waals surface area contributed by atoms with Crippen LogP contribution in [0.25, 0.3) is 0 Å². The van der Waals surface area contributed by atoms with Gasteiger partial charge in [-0.2, -0.15) is 0 Å². The Kier molecular flexibility index (Phi) is 10.8. The minimum absolute atomic E-state index is 0.0187. The van der Waals surface area contributed by atoms with Crippen molar-refractivity contribution in [3.63, 3.8) is 0 Å². The third-order valence-electron chi connectivity index (χ3n) is 5.99. The van der Waals surface area contributed by atoms with Crippen molar-refractivity contribution in [1.29, 1.82) is 0 Å². The second kappa shape index (κ2) is 14.3. The Balaban J connectivity index is 1.63. The Morgan fingerprint density at radius 2 is 1.76 bits per heavy atom. The SMILES string of the molecule is CC(=S)NCCCC[C@H](NC(=O)[C@@H]1C[C@@H](O)CN1C(=O)OCc1ccccc1)C(=O)Nc1ccccc1. The Morgan fingerprint density at radius 3 is 2.43 bits per heavy atom. The number of carbonyl (C=O) groups is 3. The molecule has 0 aromatic heterocycles. The lowest BCUT2D eigenvalue weighted by molar-refractivity contribution is -0.129. The highest BCUT2D eigenvalue weighted by molar-refractivity contribution is 7.80. The molecule has 0 bridgehead atoms. The summed E-state index contributed by atoms with van der Waals surface area (Å²) in [6, 6.07) is 16.4. The number of hydrogen-bond acceptors (Lipinski definition) is 6. The highest BCUT2D eigenvalue weighted by Gasteiger charge is 2.41. The van der Waals surface area contributed by atoms with E-state index in [0.29, 0.717) is 30.1 Å². The molecule has 10 heteroatoms. The van der Waals surface area contributed by atoms with E-state index in [9.17, 15) is 19.5 Å². The molecule has 3 rings (SSSR count). The summed E-state index contributed by atoms with van der Waals surface area (Å²) in [7, 11) is 0. The molecule has 1 heterocycles. The Bertz CT molecular complexity index is 1050. The smallest absolute Gasteiger partial charge is 0.410 e. The number of anilines is 1. The zero-order chi connectivity index (χ0) is 26.6. The standard InChI is InChI=1S/C27H34N4O5S/c1-19(37)28-15-9-8-14-23(25(33)29-21-12-6-3-7-13-21)30-26(34)24-16-22(32)17-31(24)27(35)36-18-20-10-4-2-5-11-20/h2-7,10-13,22-24,32H,8-9,14-18H2,1H3,(H,28,37)(H,29,33)(H,30,34)/t22-,23+,24+/m1/s1. The number of carbonyl (C=O) groups excluding carboxylic acids is 3. The van der Waals surface area contributed by atoms with E-state index in [1.807, 2.05) is 36.4 Å². The molecule has 2 aromatic carbocycles. The summed E-state index contributed by atoms with van der Waals surface area (Å²) in [6.45, 7) is 2.51. The van der Waals surface area contributed by atoms with Gasteiger partial charge in [0.15, 0.2) is 0 Å². The first-order valence-corrected chi connectivity index (χ1v) is 12.8. The number of nitrogens with one attached hydrogen (secondary N) is 3. The van der Waals surface area contributed by atoms with Gasteiger partial charge in [-0.05, 0) is 43.9 Å². The van der Waals surface area contributed by atoms with Gasteiger partial charge in [0.25, 0.3) is 0 Å². The number of amides is 3. The number of β-amino-alcohol motifs (C(OH)–C–C–N with tert-alkyl or cyclic N) is 1. The molecule has 0 unspecified atom stereocenters. The number of aliphatic hydroxyl groups excluding tert-OH is 1. The van der Waals surface area contributed by atoms with Crippen LogP contribution in [0.15, 0.2) is 60.7 Å². The molecule has 3 atom stereocenters. The van der Waals surface area contributed by atoms with Gasteiger partial charge in [0.1, 0.15) is 18.7 Å². The fourth-order valence-corrected chi connectivity index (χ4v) is 4.19. The van der Waals surface area contributed by atoms with Crippen LogP contribution in [0.5, 0.6) is 0 Å². The van der Waals surface area contributed by atoms with Gasteiger partial charge in [-0.15, -0.1) is 0 Å². The van der Waals surface area contributed by atoms with Gasteiger partial charge in [0.2, 0.25) is 11.8 Å². The lowest BCUT2D eigenvalue weighted by atomic mass is 10.1. The van der Waals surface area contributed by atoms with Gasteiger partial charge in [0, 0.05) is 18.7 Å². The summed E-state index contributed by atoms with van der Waals surface area (Å²) in [5.41, 5.74) is 1.43. The molecule has 0 spiro atoms. The van der Waals surface area contributed by atoms with Crippen molar-refractivity contribution < 1.29 is 24.2 Å². The van der Waals surface area contributed by atoms with Gasteiger partial charge in [-0.3, -0.25) is 14.5 Å². The molecule has 0 radical (unpaired) electrons. The summed E-state index contributed by atoms with van der Waals surface area (Å²) < 4.78 is 5.38. The second-order valence-corrected chi connectivity index (χ2v) is 9.61. The van der Waals surface area contributed by atoms with Crippen LogP contribution in [0.2, 0.25) is 0 Å². The fraction of sp³-hybridized carbons (Fsp3) is 0.407. The lowest BCUT2D eigenvalue weighted by Crippen LogP contribution is -2.52. The van der Waals surface area contributed by atoms with Crippen LogP contribution < -0.4 is 16.0 Å². The van der Waals surface area contributed by atoms with Crippen molar-refractivity contribution in [3.8, 4) is 0 Å². The van der Waals surface area contributed by atoms with Crippen molar-refractivity contribution >= 4 is 40.8 Å². The van der Waals surface area contributed by atoms with Gasteiger partial charge >= 0.3 is 6.09 Å². The summed E-state index contributed by atoms with van der Waals surface area (Å²) in [5, 5.41) is 18.9. The molecular formula is C27H34N4O5S. The number of hydrogen-bond donors (Lipinski definition) is 4. The van der Waals surface area contributed by atoms with Crippen LogP contribution in [0, 0.1) is 0 Å². The predicted octanol–water partition coefficient (Wildman–Crippen LogP) is 2.99. The minimum atomic E-state index is -0.940. The van der Waals surface area contributed by atoms with Crippen LogP contribution >= 0.6 is 12.2 Å². The predicted molar refractivity (Wildman–Crippen MR) is 145 cm³/mol. The maximum Gasteiger partial charge on any atom is 0.410 e. The lowest BCUT2D eigenvalue weighted by Gasteiger charge is -2.25. The molecule has 198 valence electrons. The van der Waals surface area contributed by atoms with E-state index in [4.69, 9.17) is 17.0 Å². The van der Waals surface area contributed by atoms with Gasteiger partial charge in [-0.1, -0.05) is 60.7 Å². The van der Waals surface area contributed by atoms with Crippen molar-refractivity contribution in [2.24, 2.45) is 0 Å². The number of nitrogens with zero attached hydrogens (tertiary/aromatic N) is 1. The highest BCUT2D eigenvalue weighted by atomic mass is 32.1. The van der Waals surface area contributed by atoms with Gasteiger partial charge < -0.3 is 25.8 Å². The average molecular weight is 527 g/mol. The first kappa shape index (κ1) is 28.1. The van der Waals surface area contributed by atoms with Crippen molar-refractivity contribution in [1.82, 2.24) is 15.5 Å². The number of rotatable bonds is 11. The van der Waals surface area contributed by atoms with Crippen LogP contribution in [-0.4, -0.2) is 64.2 Å².